The second-order valence-corrected chi connectivity index (χ2v) is 9.87. The summed E-state index contributed by atoms with van der Waals surface area (Å²) < 4.78 is 28.2. The van der Waals surface area contributed by atoms with Crippen molar-refractivity contribution in [1.82, 2.24) is 24.5 Å². The van der Waals surface area contributed by atoms with E-state index in [0.29, 0.717) is 17.5 Å². The van der Waals surface area contributed by atoms with E-state index >= 15 is 0 Å². The normalized spacial score (nSPS) is 18.6. The maximum absolute atomic E-state index is 13.2. The molecule has 2 aliphatic heterocycles. The fourth-order valence-electron chi connectivity index (χ4n) is 5.03. The minimum Gasteiger partial charge on any atom is -0.352 e. The molecule has 1 saturated heterocycles. The Hall–Kier alpha value is -3.50. The molecule has 0 aliphatic carbocycles. The zero-order valence-electron chi connectivity index (χ0n) is 21.0. The van der Waals surface area contributed by atoms with Gasteiger partial charge in [0.1, 0.15) is 6.17 Å². The number of anilines is 3. The van der Waals surface area contributed by atoms with Crippen LogP contribution in [0.2, 0.25) is 0 Å². The summed E-state index contributed by atoms with van der Waals surface area (Å²) in [5.74, 6) is 1.30. The molecule has 0 radical (unpaired) electrons. The van der Waals surface area contributed by atoms with Gasteiger partial charge in [-0.25, -0.2) is 23.3 Å². The van der Waals surface area contributed by atoms with Crippen molar-refractivity contribution in [3.8, 4) is 11.3 Å². The molecular weight excluding hydrogens is 466 g/mol. The number of nitrogens with zero attached hydrogens (tertiary/aromatic N) is 7. The Kier molecular flexibility index (Phi) is 6.40. The third kappa shape index (κ3) is 4.42. The summed E-state index contributed by atoms with van der Waals surface area (Å²) in [4.78, 5) is 27.0. The molecule has 1 amide bonds. The summed E-state index contributed by atoms with van der Waals surface area (Å²) in [7, 11) is 1.89. The summed E-state index contributed by atoms with van der Waals surface area (Å²) in [6, 6.07) is 5.95. The van der Waals surface area contributed by atoms with E-state index < -0.39 is 6.43 Å². The van der Waals surface area contributed by atoms with Gasteiger partial charge in [0, 0.05) is 43.9 Å². The van der Waals surface area contributed by atoms with Gasteiger partial charge in [-0.15, -0.1) is 5.10 Å². The van der Waals surface area contributed by atoms with Crippen LogP contribution >= 0.6 is 0 Å². The van der Waals surface area contributed by atoms with Crippen LogP contribution in [0.3, 0.4) is 0 Å². The van der Waals surface area contributed by atoms with Crippen LogP contribution < -0.4 is 15.1 Å². The van der Waals surface area contributed by atoms with Crippen LogP contribution in [0.5, 0.6) is 0 Å². The topological polar surface area (TPSA) is 81.9 Å². The van der Waals surface area contributed by atoms with E-state index in [4.69, 9.17) is 4.98 Å². The predicted molar refractivity (Wildman–Crippen MR) is 135 cm³/mol. The summed E-state index contributed by atoms with van der Waals surface area (Å²) in [5, 5.41) is 8.02. The minimum atomic E-state index is -2.45. The summed E-state index contributed by atoms with van der Waals surface area (Å²) >= 11 is 0. The second kappa shape index (κ2) is 9.51. The van der Waals surface area contributed by atoms with Gasteiger partial charge in [0.15, 0.2) is 5.82 Å². The predicted octanol–water partition coefficient (Wildman–Crippen LogP) is 3.72. The van der Waals surface area contributed by atoms with Gasteiger partial charge >= 0.3 is 0 Å². The van der Waals surface area contributed by atoms with E-state index in [-0.39, 0.29) is 30.6 Å². The largest absolute Gasteiger partial charge is 0.352 e. The van der Waals surface area contributed by atoms with Crippen molar-refractivity contribution in [3.05, 3.63) is 30.6 Å². The number of hydrogen-bond acceptors (Lipinski definition) is 7. The summed E-state index contributed by atoms with van der Waals surface area (Å²) in [6.45, 7) is 6.84. The van der Waals surface area contributed by atoms with E-state index in [1.807, 2.05) is 62.0 Å². The number of fused-ring (bicyclic) bond motifs is 2. The third-order valence-electron chi connectivity index (χ3n) is 7.18. The van der Waals surface area contributed by atoms with Crippen LogP contribution in [-0.2, 0) is 4.79 Å². The fourth-order valence-corrected chi connectivity index (χ4v) is 5.03. The number of hydrogen-bond donors (Lipinski definition) is 1. The van der Waals surface area contributed by atoms with Gasteiger partial charge in [0.05, 0.1) is 29.6 Å². The van der Waals surface area contributed by atoms with Gasteiger partial charge in [-0.2, -0.15) is 0 Å². The smallest absolute Gasteiger partial charge is 0.255 e. The monoisotopic (exact) mass is 498 g/mol. The zero-order chi connectivity index (χ0) is 25.6. The molecule has 3 aromatic rings. The van der Waals surface area contributed by atoms with E-state index in [1.165, 1.54) is 0 Å². The fraction of sp³-hybridized carbons (Fsp3) is 0.520. The number of likely N-dealkylation sites (tertiary alicyclic amines) is 1. The highest BCUT2D eigenvalue weighted by molar-refractivity contribution is 5.83. The first-order valence-electron chi connectivity index (χ1n) is 12.4. The lowest BCUT2D eigenvalue weighted by atomic mass is 10.0. The Balaban J connectivity index is 1.33. The molecule has 1 unspecified atom stereocenters. The molecule has 0 bridgehead atoms. The molecule has 1 fully saturated rings. The number of amides is 1. The standard InChI is InChI=1S/C25H32F2N8O/c1-15(2)24(36)33-10-7-17(8-11-33)29-25-28-13-21-18(9-12-35(21)31-25)19-5-6-20-23(30-19)34(14-22(26)27)16(3)32(20)4/h5-6,9,12-13,15-17,22H,7-8,10-11,14H2,1-4H3,(H,29,31). The van der Waals surface area contributed by atoms with Crippen LogP contribution in [0.1, 0.15) is 33.6 Å². The molecule has 0 spiro atoms. The van der Waals surface area contributed by atoms with Gasteiger partial charge < -0.3 is 20.0 Å². The van der Waals surface area contributed by atoms with Crippen molar-refractivity contribution in [2.75, 3.05) is 41.8 Å². The molecule has 0 saturated carbocycles. The highest BCUT2D eigenvalue weighted by Gasteiger charge is 2.34. The van der Waals surface area contributed by atoms with Gasteiger partial charge in [0.25, 0.3) is 6.43 Å². The number of piperidine rings is 1. The average Bonchev–Trinajstić information content (AvgIpc) is 3.38. The molecule has 0 aromatic carbocycles. The maximum Gasteiger partial charge on any atom is 0.255 e. The van der Waals surface area contributed by atoms with Crippen molar-refractivity contribution in [2.45, 2.75) is 52.2 Å². The van der Waals surface area contributed by atoms with Crippen LogP contribution in [0.4, 0.5) is 26.2 Å². The molecule has 192 valence electrons. The number of pyridine rings is 1. The number of carbonyl (C=O) groups excluding carboxylic acids is 1. The molecule has 1 N–H and O–H groups in total. The van der Waals surface area contributed by atoms with Crippen LogP contribution in [0, 0.1) is 5.92 Å². The van der Waals surface area contributed by atoms with Gasteiger partial charge in [-0.05, 0) is 38.0 Å². The number of alkyl halides is 2. The lowest BCUT2D eigenvalue weighted by molar-refractivity contribution is -0.135. The van der Waals surface area contributed by atoms with Crippen molar-refractivity contribution >= 4 is 28.9 Å². The summed E-state index contributed by atoms with van der Waals surface area (Å²) in [5.41, 5.74) is 3.14. The van der Waals surface area contributed by atoms with E-state index in [1.54, 1.807) is 15.6 Å². The number of carbonyl (C=O) groups is 1. The quantitative estimate of drug-likeness (QED) is 0.555. The third-order valence-corrected chi connectivity index (χ3v) is 7.18. The van der Waals surface area contributed by atoms with Gasteiger partial charge in [-0.1, -0.05) is 13.8 Å². The van der Waals surface area contributed by atoms with Gasteiger partial charge in [0.2, 0.25) is 11.9 Å². The Labute approximate surface area is 209 Å². The lowest BCUT2D eigenvalue weighted by Crippen LogP contribution is -2.44. The zero-order valence-corrected chi connectivity index (χ0v) is 21.0. The van der Waals surface area contributed by atoms with Gasteiger partial charge in [-0.3, -0.25) is 4.79 Å². The molecule has 5 heterocycles. The molecule has 9 nitrogen and oxygen atoms in total. The summed E-state index contributed by atoms with van der Waals surface area (Å²) in [6.07, 6.45) is 2.64. The number of nitrogens with one attached hydrogen (secondary N) is 1. The SMILES string of the molecule is CC(C)C(=O)N1CCC(Nc2ncc3c(-c4ccc5c(n4)N(CC(F)F)C(C)N5C)ccn3n2)CC1. The molecule has 2 aliphatic rings. The van der Waals surface area contributed by atoms with E-state index in [0.717, 1.165) is 42.7 Å². The first-order chi connectivity index (χ1) is 17.2. The number of halogens is 2. The van der Waals surface area contributed by atoms with E-state index in [9.17, 15) is 13.6 Å². The first kappa shape index (κ1) is 24.2. The highest BCUT2D eigenvalue weighted by atomic mass is 19.3. The Bertz CT molecular complexity index is 1250. The molecule has 36 heavy (non-hydrogen) atoms. The van der Waals surface area contributed by atoms with Crippen molar-refractivity contribution in [2.24, 2.45) is 5.92 Å². The van der Waals surface area contributed by atoms with Crippen molar-refractivity contribution in [1.29, 1.82) is 0 Å². The molecule has 1 atom stereocenters. The van der Waals surface area contributed by atoms with Crippen molar-refractivity contribution in [3.63, 3.8) is 0 Å². The maximum atomic E-state index is 13.2. The highest BCUT2D eigenvalue weighted by Crippen LogP contribution is 2.39. The number of rotatable bonds is 6. The van der Waals surface area contributed by atoms with Crippen molar-refractivity contribution < 1.29 is 13.6 Å². The van der Waals surface area contributed by atoms with Crippen LogP contribution in [-0.4, -0.2) is 75.7 Å². The Morgan fingerprint density at radius 1 is 1.19 bits per heavy atom. The molecule has 3 aromatic heterocycles. The Morgan fingerprint density at radius 3 is 2.64 bits per heavy atom. The second-order valence-electron chi connectivity index (χ2n) is 9.87. The Morgan fingerprint density at radius 2 is 1.94 bits per heavy atom. The van der Waals surface area contributed by atoms with Crippen LogP contribution in [0.25, 0.3) is 16.8 Å². The first-order valence-corrected chi connectivity index (χ1v) is 12.4. The van der Waals surface area contributed by atoms with E-state index in [2.05, 4.69) is 15.4 Å². The molecule has 11 heteroatoms. The lowest BCUT2D eigenvalue weighted by Gasteiger charge is -2.33. The minimum absolute atomic E-state index is 0.0139. The number of aromatic nitrogens is 4. The van der Waals surface area contributed by atoms with Crippen LogP contribution in [0.15, 0.2) is 30.6 Å². The average molecular weight is 499 g/mol. The molecule has 5 rings (SSSR count). The molecular formula is C25H32F2N8O.